The molecule has 7 heteroatoms. The second-order valence-electron chi connectivity index (χ2n) is 4.45. The van der Waals surface area contributed by atoms with Crippen LogP contribution in [0.2, 0.25) is 0 Å². The molecule has 0 aliphatic rings. The van der Waals surface area contributed by atoms with Gasteiger partial charge in [0.15, 0.2) is 11.6 Å². The van der Waals surface area contributed by atoms with Gasteiger partial charge in [0.1, 0.15) is 11.6 Å². The number of benzene rings is 2. The third-order valence-corrected chi connectivity index (χ3v) is 3.91. The first-order chi connectivity index (χ1) is 10.4. The summed E-state index contributed by atoms with van der Waals surface area (Å²) in [6.07, 6.45) is 0. The van der Waals surface area contributed by atoms with Crippen LogP contribution in [0.3, 0.4) is 0 Å². The summed E-state index contributed by atoms with van der Waals surface area (Å²) >= 11 is 0.892. The first-order valence-corrected chi connectivity index (χ1v) is 7.12. The molecule has 0 aliphatic heterocycles. The van der Waals surface area contributed by atoms with Gasteiger partial charge in [0.05, 0.1) is 5.25 Å². The normalized spacial score (nSPS) is 12.0. The van der Waals surface area contributed by atoms with E-state index in [0.29, 0.717) is 0 Å². The Hall–Kier alpha value is -2.02. The van der Waals surface area contributed by atoms with Crippen LogP contribution >= 0.6 is 11.8 Å². The Balaban J connectivity index is 2.04. The Morgan fingerprint density at radius 3 is 2.36 bits per heavy atom. The molecule has 1 unspecified atom stereocenters. The van der Waals surface area contributed by atoms with Crippen molar-refractivity contribution < 1.29 is 22.4 Å². The van der Waals surface area contributed by atoms with Gasteiger partial charge in [-0.1, -0.05) is 0 Å². The van der Waals surface area contributed by atoms with Crippen LogP contribution in [0.25, 0.3) is 0 Å². The SMILES string of the molecule is CC(Sc1ccc(F)cc1F)C(=O)Nc1ccc(F)c(F)c1. The molecule has 0 saturated heterocycles. The Morgan fingerprint density at radius 2 is 1.73 bits per heavy atom. The number of hydrogen-bond donors (Lipinski definition) is 1. The second-order valence-corrected chi connectivity index (χ2v) is 5.84. The van der Waals surface area contributed by atoms with Crippen LogP contribution in [-0.4, -0.2) is 11.2 Å². The lowest BCUT2D eigenvalue weighted by Crippen LogP contribution is -2.22. The van der Waals surface area contributed by atoms with Crippen molar-refractivity contribution in [2.45, 2.75) is 17.1 Å². The number of nitrogens with one attached hydrogen (secondary N) is 1. The Labute approximate surface area is 128 Å². The Morgan fingerprint density at radius 1 is 1.00 bits per heavy atom. The molecular formula is C15H11F4NOS. The molecule has 2 nitrogen and oxygen atoms in total. The van der Waals surface area contributed by atoms with Crippen molar-refractivity contribution in [1.29, 1.82) is 0 Å². The maximum absolute atomic E-state index is 13.5. The molecule has 1 N–H and O–H groups in total. The molecule has 0 saturated carbocycles. The van der Waals surface area contributed by atoms with Gasteiger partial charge in [0.2, 0.25) is 5.91 Å². The first-order valence-electron chi connectivity index (χ1n) is 6.24. The lowest BCUT2D eigenvalue weighted by Gasteiger charge is -2.12. The zero-order chi connectivity index (χ0) is 16.3. The average Bonchev–Trinajstić information content (AvgIpc) is 2.45. The quantitative estimate of drug-likeness (QED) is 0.667. The van der Waals surface area contributed by atoms with Gasteiger partial charge in [0, 0.05) is 22.7 Å². The number of thioether (sulfide) groups is 1. The predicted molar refractivity (Wildman–Crippen MR) is 76.7 cm³/mol. The summed E-state index contributed by atoms with van der Waals surface area (Å²) in [4.78, 5) is 12.1. The summed E-state index contributed by atoms with van der Waals surface area (Å²) in [7, 11) is 0. The molecule has 0 aliphatic carbocycles. The minimum Gasteiger partial charge on any atom is -0.325 e. The predicted octanol–water partition coefficient (Wildman–Crippen LogP) is 4.36. The highest BCUT2D eigenvalue weighted by Crippen LogP contribution is 2.27. The molecule has 22 heavy (non-hydrogen) atoms. The van der Waals surface area contributed by atoms with Gasteiger partial charge in [-0.3, -0.25) is 4.79 Å². The van der Waals surface area contributed by atoms with Crippen molar-refractivity contribution in [1.82, 2.24) is 0 Å². The number of carbonyl (C=O) groups excluding carboxylic acids is 1. The van der Waals surface area contributed by atoms with E-state index < -0.39 is 34.4 Å². The van der Waals surface area contributed by atoms with E-state index in [1.54, 1.807) is 0 Å². The van der Waals surface area contributed by atoms with E-state index in [1.807, 2.05) is 0 Å². The molecule has 0 spiro atoms. The topological polar surface area (TPSA) is 29.1 Å². The minimum absolute atomic E-state index is 0.0935. The molecule has 2 rings (SSSR count). The maximum atomic E-state index is 13.5. The molecule has 0 heterocycles. The van der Waals surface area contributed by atoms with E-state index in [1.165, 1.54) is 19.1 Å². The van der Waals surface area contributed by atoms with E-state index in [2.05, 4.69) is 5.32 Å². The summed E-state index contributed by atoms with van der Waals surface area (Å²) in [6, 6.07) is 6.00. The zero-order valence-electron chi connectivity index (χ0n) is 11.4. The fourth-order valence-corrected chi connectivity index (χ4v) is 2.50. The van der Waals surface area contributed by atoms with Crippen molar-refractivity contribution in [3.05, 3.63) is 59.7 Å². The smallest absolute Gasteiger partial charge is 0.237 e. The van der Waals surface area contributed by atoms with Gasteiger partial charge in [-0.15, -0.1) is 11.8 Å². The fourth-order valence-electron chi connectivity index (χ4n) is 1.63. The third-order valence-electron chi connectivity index (χ3n) is 2.75. The van der Waals surface area contributed by atoms with E-state index in [4.69, 9.17) is 0 Å². The number of hydrogen-bond acceptors (Lipinski definition) is 2. The van der Waals surface area contributed by atoms with Crippen LogP contribution in [0.4, 0.5) is 23.2 Å². The summed E-state index contributed by atoms with van der Waals surface area (Å²) in [5.41, 5.74) is 0.0935. The van der Waals surface area contributed by atoms with Crippen LogP contribution < -0.4 is 5.32 Å². The minimum atomic E-state index is -1.08. The van der Waals surface area contributed by atoms with Gasteiger partial charge in [-0.2, -0.15) is 0 Å². The summed E-state index contributed by atoms with van der Waals surface area (Å²) in [5, 5.41) is 1.68. The van der Waals surface area contributed by atoms with Gasteiger partial charge in [0.25, 0.3) is 0 Å². The van der Waals surface area contributed by atoms with Crippen molar-refractivity contribution >= 4 is 23.4 Å². The number of halogens is 4. The van der Waals surface area contributed by atoms with Crippen LogP contribution in [0.5, 0.6) is 0 Å². The molecule has 116 valence electrons. The van der Waals surface area contributed by atoms with E-state index >= 15 is 0 Å². The molecule has 0 radical (unpaired) electrons. The number of rotatable bonds is 4. The van der Waals surface area contributed by atoms with Gasteiger partial charge < -0.3 is 5.32 Å². The molecule has 2 aromatic rings. The van der Waals surface area contributed by atoms with Crippen LogP contribution in [0.15, 0.2) is 41.3 Å². The van der Waals surface area contributed by atoms with Crippen LogP contribution in [-0.2, 0) is 4.79 Å². The van der Waals surface area contributed by atoms with Crippen molar-refractivity contribution in [3.8, 4) is 0 Å². The van der Waals surface area contributed by atoms with E-state index in [-0.39, 0.29) is 10.6 Å². The standard InChI is InChI=1S/C15H11F4NOS/c1-8(22-14-5-2-9(16)6-13(14)19)15(21)20-10-3-4-11(17)12(18)7-10/h2-8H,1H3,(H,20,21). The molecule has 0 bridgehead atoms. The molecule has 0 aromatic heterocycles. The Kier molecular flexibility index (Phi) is 5.07. The summed E-state index contributed by atoms with van der Waals surface area (Å²) in [6.45, 7) is 1.52. The van der Waals surface area contributed by atoms with Crippen LogP contribution in [0.1, 0.15) is 6.92 Å². The van der Waals surface area contributed by atoms with Crippen molar-refractivity contribution in [2.75, 3.05) is 5.32 Å². The largest absolute Gasteiger partial charge is 0.325 e. The lowest BCUT2D eigenvalue weighted by molar-refractivity contribution is -0.115. The number of anilines is 1. The number of carbonyl (C=O) groups is 1. The lowest BCUT2D eigenvalue weighted by atomic mass is 10.3. The highest BCUT2D eigenvalue weighted by atomic mass is 32.2. The fraction of sp³-hybridized carbons (Fsp3) is 0.133. The van der Waals surface area contributed by atoms with E-state index in [0.717, 1.165) is 36.0 Å². The highest BCUT2D eigenvalue weighted by Gasteiger charge is 2.17. The monoisotopic (exact) mass is 329 g/mol. The van der Waals surface area contributed by atoms with Gasteiger partial charge in [-0.25, -0.2) is 17.6 Å². The molecule has 2 aromatic carbocycles. The van der Waals surface area contributed by atoms with Crippen LogP contribution in [0, 0.1) is 23.3 Å². The number of amides is 1. The van der Waals surface area contributed by atoms with Gasteiger partial charge >= 0.3 is 0 Å². The zero-order valence-corrected chi connectivity index (χ0v) is 12.2. The summed E-state index contributed by atoms with van der Waals surface area (Å²) < 4.78 is 52.2. The van der Waals surface area contributed by atoms with Crippen molar-refractivity contribution in [2.24, 2.45) is 0 Å². The van der Waals surface area contributed by atoms with Crippen molar-refractivity contribution in [3.63, 3.8) is 0 Å². The molecule has 1 atom stereocenters. The summed E-state index contributed by atoms with van der Waals surface area (Å²) in [5.74, 6) is -4.09. The Bertz CT molecular complexity index is 708. The highest BCUT2D eigenvalue weighted by molar-refractivity contribution is 8.00. The average molecular weight is 329 g/mol. The molecule has 1 amide bonds. The third kappa shape index (κ3) is 4.00. The maximum Gasteiger partial charge on any atom is 0.237 e. The molecular weight excluding hydrogens is 318 g/mol. The first kappa shape index (κ1) is 16.4. The van der Waals surface area contributed by atoms with Gasteiger partial charge in [-0.05, 0) is 31.2 Å². The second kappa shape index (κ2) is 6.83. The molecule has 0 fully saturated rings. The van der Waals surface area contributed by atoms with E-state index in [9.17, 15) is 22.4 Å².